The van der Waals surface area contributed by atoms with Gasteiger partial charge in [0.25, 0.3) is 0 Å². The third-order valence-corrected chi connectivity index (χ3v) is 4.45. The van der Waals surface area contributed by atoms with Gasteiger partial charge >= 0.3 is 0 Å². The van der Waals surface area contributed by atoms with E-state index in [0.29, 0.717) is 12.5 Å². The molecule has 2 aromatic rings. The average Bonchev–Trinajstić information content (AvgIpc) is 2.97. The van der Waals surface area contributed by atoms with Crippen LogP contribution in [0.3, 0.4) is 0 Å². The number of furan rings is 1. The van der Waals surface area contributed by atoms with E-state index in [1.165, 1.54) is 0 Å². The number of ether oxygens (including phenoxy) is 1. The summed E-state index contributed by atoms with van der Waals surface area (Å²) < 4.78 is 10.7. The Labute approximate surface area is 142 Å². The van der Waals surface area contributed by atoms with E-state index in [0.717, 1.165) is 48.2 Å². The predicted octanol–water partition coefficient (Wildman–Crippen LogP) is 2.62. The third-order valence-electron chi connectivity index (χ3n) is 4.45. The number of carbonyl (C=O) groups is 1. The number of methoxy groups -OCH3 is 1. The molecule has 0 bridgehead atoms. The SMILES string of the molecule is COc1ccc2c(CC(=O)N(C)C3CCNCC3)coc2c1.Cl. The highest BCUT2D eigenvalue weighted by Gasteiger charge is 2.22. The molecule has 6 heteroatoms. The van der Waals surface area contributed by atoms with Crippen molar-refractivity contribution in [1.82, 2.24) is 10.2 Å². The lowest BCUT2D eigenvalue weighted by atomic mass is 10.0. The molecule has 1 aromatic heterocycles. The molecule has 1 aliphatic heterocycles. The van der Waals surface area contributed by atoms with Gasteiger partial charge in [-0.05, 0) is 38.1 Å². The molecule has 0 unspecified atom stereocenters. The monoisotopic (exact) mass is 338 g/mol. The second-order valence-corrected chi connectivity index (χ2v) is 5.79. The van der Waals surface area contributed by atoms with E-state index in [2.05, 4.69) is 5.32 Å². The van der Waals surface area contributed by atoms with Crippen LogP contribution in [0.4, 0.5) is 0 Å². The van der Waals surface area contributed by atoms with E-state index in [4.69, 9.17) is 9.15 Å². The number of carbonyl (C=O) groups excluding carboxylic acids is 1. The van der Waals surface area contributed by atoms with Gasteiger partial charge < -0.3 is 19.4 Å². The van der Waals surface area contributed by atoms with E-state index in [9.17, 15) is 4.79 Å². The maximum Gasteiger partial charge on any atom is 0.227 e. The van der Waals surface area contributed by atoms with Gasteiger partial charge in [-0.3, -0.25) is 4.79 Å². The maximum atomic E-state index is 12.5. The van der Waals surface area contributed by atoms with Crippen LogP contribution >= 0.6 is 12.4 Å². The first-order valence-electron chi connectivity index (χ1n) is 7.69. The molecule has 1 amide bonds. The van der Waals surface area contributed by atoms with Crippen molar-refractivity contribution in [3.05, 3.63) is 30.0 Å². The predicted molar refractivity (Wildman–Crippen MR) is 92.4 cm³/mol. The number of hydrogen-bond donors (Lipinski definition) is 1. The van der Waals surface area contributed by atoms with Gasteiger partial charge in [-0.25, -0.2) is 0 Å². The molecule has 126 valence electrons. The van der Waals surface area contributed by atoms with Crippen LogP contribution in [0.2, 0.25) is 0 Å². The quantitative estimate of drug-likeness (QED) is 0.931. The summed E-state index contributed by atoms with van der Waals surface area (Å²) in [7, 11) is 3.53. The van der Waals surface area contributed by atoms with Gasteiger partial charge in [0, 0.05) is 30.1 Å². The van der Waals surface area contributed by atoms with E-state index < -0.39 is 0 Å². The van der Waals surface area contributed by atoms with E-state index in [1.54, 1.807) is 13.4 Å². The average molecular weight is 339 g/mol. The Hall–Kier alpha value is -1.72. The summed E-state index contributed by atoms with van der Waals surface area (Å²) in [5.41, 5.74) is 1.69. The number of amides is 1. The Morgan fingerprint density at radius 1 is 1.39 bits per heavy atom. The van der Waals surface area contributed by atoms with Crippen molar-refractivity contribution in [3.8, 4) is 5.75 Å². The highest BCUT2D eigenvalue weighted by Crippen LogP contribution is 2.26. The summed E-state index contributed by atoms with van der Waals surface area (Å²) in [5, 5.41) is 4.30. The molecule has 23 heavy (non-hydrogen) atoms. The van der Waals surface area contributed by atoms with Crippen molar-refractivity contribution in [3.63, 3.8) is 0 Å². The molecule has 1 aromatic carbocycles. The minimum Gasteiger partial charge on any atom is -0.497 e. The topological polar surface area (TPSA) is 54.7 Å². The first-order valence-corrected chi connectivity index (χ1v) is 7.69. The summed E-state index contributed by atoms with van der Waals surface area (Å²) in [6, 6.07) is 6.03. The summed E-state index contributed by atoms with van der Waals surface area (Å²) in [6.07, 6.45) is 4.09. The first kappa shape index (κ1) is 17.6. The second kappa shape index (κ2) is 7.70. The third kappa shape index (κ3) is 3.79. The minimum atomic E-state index is 0. The molecule has 0 spiro atoms. The van der Waals surface area contributed by atoms with Crippen LogP contribution in [0.5, 0.6) is 5.75 Å². The summed E-state index contributed by atoms with van der Waals surface area (Å²) in [4.78, 5) is 14.4. The zero-order chi connectivity index (χ0) is 15.5. The number of benzene rings is 1. The standard InChI is InChI=1S/C17H22N2O3.ClH/c1-19(13-5-7-18-8-6-13)17(20)9-12-11-22-16-10-14(21-2)3-4-15(12)16;/h3-4,10-11,13,18H,5-9H2,1-2H3;1H. The Balaban J connectivity index is 0.00000192. The van der Waals surface area contributed by atoms with Gasteiger partial charge in [-0.2, -0.15) is 0 Å². The molecule has 1 fully saturated rings. The van der Waals surface area contributed by atoms with Gasteiger partial charge in [-0.15, -0.1) is 12.4 Å². The van der Waals surface area contributed by atoms with Gasteiger partial charge in [-0.1, -0.05) is 0 Å². The molecule has 2 heterocycles. The van der Waals surface area contributed by atoms with Crippen molar-refractivity contribution in [1.29, 1.82) is 0 Å². The van der Waals surface area contributed by atoms with Crippen LogP contribution in [0.1, 0.15) is 18.4 Å². The second-order valence-electron chi connectivity index (χ2n) is 5.79. The highest BCUT2D eigenvalue weighted by atomic mass is 35.5. The van der Waals surface area contributed by atoms with Gasteiger partial charge in [0.15, 0.2) is 0 Å². The molecule has 1 aliphatic rings. The summed E-state index contributed by atoms with van der Waals surface area (Å²) >= 11 is 0. The molecule has 0 radical (unpaired) electrons. The fourth-order valence-electron chi connectivity index (χ4n) is 3.01. The molecule has 1 N–H and O–H groups in total. The number of hydrogen-bond acceptors (Lipinski definition) is 4. The molecule has 3 rings (SSSR count). The lowest BCUT2D eigenvalue weighted by Crippen LogP contribution is -2.44. The summed E-state index contributed by atoms with van der Waals surface area (Å²) in [6.45, 7) is 1.97. The van der Waals surface area contributed by atoms with Crippen LogP contribution in [-0.4, -0.2) is 44.1 Å². The lowest BCUT2D eigenvalue weighted by Gasteiger charge is -2.31. The van der Waals surface area contributed by atoms with Gasteiger partial charge in [0.2, 0.25) is 5.91 Å². The summed E-state index contributed by atoms with van der Waals surface area (Å²) in [5.74, 6) is 0.900. The zero-order valence-electron chi connectivity index (χ0n) is 13.5. The van der Waals surface area contributed by atoms with E-state index in [1.807, 2.05) is 30.1 Å². The van der Waals surface area contributed by atoms with Crippen molar-refractivity contribution < 1.29 is 13.9 Å². The van der Waals surface area contributed by atoms with Gasteiger partial charge in [0.05, 0.1) is 19.8 Å². The van der Waals surface area contributed by atoms with E-state index >= 15 is 0 Å². The molecular formula is C17H23ClN2O3. The first-order chi connectivity index (χ1) is 10.7. The van der Waals surface area contributed by atoms with Crippen molar-refractivity contribution >= 4 is 29.3 Å². The van der Waals surface area contributed by atoms with Crippen LogP contribution < -0.4 is 10.1 Å². The fraction of sp³-hybridized carbons (Fsp3) is 0.471. The number of likely N-dealkylation sites (N-methyl/N-ethyl adjacent to an activating group) is 1. The van der Waals surface area contributed by atoms with Gasteiger partial charge in [0.1, 0.15) is 11.3 Å². The molecule has 1 saturated heterocycles. The Bertz CT molecular complexity index is 665. The molecule has 0 saturated carbocycles. The molecule has 0 aliphatic carbocycles. The largest absolute Gasteiger partial charge is 0.497 e. The molecular weight excluding hydrogens is 316 g/mol. The number of nitrogens with zero attached hydrogens (tertiary/aromatic N) is 1. The number of rotatable bonds is 4. The molecule has 5 nitrogen and oxygen atoms in total. The Morgan fingerprint density at radius 3 is 2.83 bits per heavy atom. The van der Waals surface area contributed by atoms with Crippen molar-refractivity contribution in [2.45, 2.75) is 25.3 Å². The number of halogens is 1. The van der Waals surface area contributed by atoms with Crippen LogP contribution in [-0.2, 0) is 11.2 Å². The maximum absolute atomic E-state index is 12.5. The van der Waals surface area contributed by atoms with Crippen LogP contribution in [0.25, 0.3) is 11.0 Å². The normalized spacial score (nSPS) is 15.2. The number of fused-ring (bicyclic) bond motifs is 1. The van der Waals surface area contributed by atoms with E-state index in [-0.39, 0.29) is 18.3 Å². The fourth-order valence-corrected chi connectivity index (χ4v) is 3.01. The van der Waals surface area contributed by atoms with Crippen LogP contribution in [0.15, 0.2) is 28.9 Å². The number of piperidine rings is 1. The Morgan fingerprint density at radius 2 is 2.13 bits per heavy atom. The minimum absolute atomic E-state index is 0. The smallest absolute Gasteiger partial charge is 0.227 e. The highest BCUT2D eigenvalue weighted by molar-refractivity contribution is 5.88. The zero-order valence-corrected chi connectivity index (χ0v) is 14.3. The van der Waals surface area contributed by atoms with Crippen LogP contribution in [0, 0.1) is 0 Å². The lowest BCUT2D eigenvalue weighted by molar-refractivity contribution is -0.131. The van der Waals surface area contributed by atoms with Crippen molar-refractivity contribution in [2.24, 2.45) is 0 Å². The molecule has 0 atom stereocenters. The van der Waals surface area contributed by atoms with Crippen molar-refractivity contribution in [2.75, 3.05) is 27.2 Å². The number of nitrogens with one attached hydrogen (secondary N) is 1. The Kier molecular flexibility index (Phi) is 5.91.